The standard InChI is InChI=1S/C20H41N5O.HI/c1-17(2)16-25-11-7-19(8-12-25)23-20(21-3)22-15-18-5-9-24(10-6-18)13-14-26-4;/h17-19H,5-16H2,1-4H3,(H2,21,22,23);1H. The average Bonchev–Trinajstić information content (AvgIpc) is 2.65. The summed E-state index contributed by atoms with van der Waals surface area (Å²) in [4.78, 5) is 9.55. The summed E-state index contributed by atoms with van der Waals surface area (Å²) in [5.41, 5.74) is 0. The Hall–Kier alpha value is -0.120. The third-order valence-corrected chi connectivity index (χ3v) is 5.65. The molecule has 2 fully saturated rings. The van der Waals surface area contributed by atoms with Gasteiger partial charge in [-0.2, -0.15) is 0 Å². The summed E-state index contributed by atoms with van der Waals surface area (Å²) in [5.74, 6) is 2.49. The molecule has 7 heteroatoms. The number of guanidine groups is 1. The van der Waals surface area contributed by atoms with Crippen molar-refractivity contribution in [3.8, 4) is 0 Å². The van der Waals surface area contributed by atoms with Crippen LogP contribution in [0.4, 0.5) is 0 Å². The van der Waals surface area contributed by atoms with Gasteiger partial charge in [-0.25, -0.2) is 0 Å². The van der Waals surface area contributed by atoms with Crippen LogP contribution in [0.2, 0.25) is 0 Å². The molecule has 0 bridgehead atoms. The molecule has 0 radical (unpaired) electrons. The highest BCUT2D eigenvalue weighted by Gasteiger charge is 2.22. The summed E-state index contributed by atoms with van der Waals surface area (Å²) in [6.07, 6.45) is 4.96. The second-order valence-corrected chi connectivity index (χ2v) is 8.34. The molecule has 27 heavy (non-hydrogen) atoms. The van der Waals surface area contributed by atoms with Crippen LogP contribution in [0, 0.1) is 11.8 Å². The van der Waals surface area contributed by atoms with Crippen molar-refractivity contribution in [1.82, 2.24) is 20.4 Å². The maximum Gasteiger partial charge on any atom is 0.191 e. The minimum atomic E-state index is 0. The number of ether oxygens (including phenoxy) is 1. The van der Waals surface area contributed by atoms with E-state index in [1.165, 1.54) is 58.4 Å². The SMILES string of the molecule is CN=C(NCC1CCN(CCOC)CC1)NC1CCN(CC(C)C)CC1.I. The molecule has 2 aliphatic rings. The van der Waals surface area contributed by atoms with E-state index in [0.29, 0.717) is 6.04 Å². The smallest absolute Gasteiger partial charge is 0.191 e. The van der Waals surface area contributed by atoms with Crippen LogP contribution in [-0.2, 0) is 4.74 Å². The molecule has 0 aromatic carbocycles. The van der Waals surface area contributed by atoms with Crippen LogP contribution >= 0.6 is 24.0 Å². The van der Waals surface area contributed by atoms with E-state index in [2.05, 4.69) is 39.3 Å². The fourth-order valence-electron chi connectivity index (χ4n) is 4.04. The van der Waals surface area contributed by atoms with Crippen molar-refractivity contribution < 1.29 is 4.74 Å². The first-order chi connectivity index (χ1) is 12.6. The number of aliphatic imine (C=N–C) groups is 1. The third-order valence-electron chi connectivity index (χ3n) is 5.65. The number of hydrogen-bond donors (Lipinski definition) is 2. The van der Waals surface area contributed by atoms with E-state index < -0.39 is 0 Å². The van der Waals surface area contributed by atoms with E-state index in [1.54, 1.807) is 7.11 Å². The van der Waals surface area contributed by atoms with Crippen molar-refractivity contribution in [1.29, 1.82) is 0 Å². The van der Waals surface area contributed by atoms with Crippen LogP contribution in [0.15, 0.2) is 4.99 Å². The number of hydrogen-bond acceptors (Lipinski definition) is 4. The normalized spacial score (nSPS) is 21.3. The summed E-state index contributed by atoms with van der Waals surface area (Å²) in [6, 6.07) is 0.556. The zero-order valence-corrected chi connectivity index (χ0v) is 20.2. The summed E-state index contributed by atoms with van der Waals surface area (Å²) < 4.78 is 5.18. The highest BCUT2D eigenvalue weighted by Crippen LogP contribution is 2.16. The minimum Gasteiger partial charge on any atom is -0.383 e. The van der Waals surface area contributed by atoms with Crippen LogP contribution in [0.5, 0.6) is 0 Å². The summed E-state index contributed by atoms with van der Waals surface area (Å²) in [7, 11) is 3.67. The largest absolute Gasteiger partial charge is 0.383 e. The van der Waals surface area contributed by atoms with Gasteiger partial charge < -0.3 is 25.2 Å². The molecule has 2 saturated heterocycles. The molecule has 2 aliphatic heterocycles. The molecule has 0 aromatic heterocycles. The number of nitrogens with zero attached hydrogens (tertiary/aromatic N) is 3. The number of methoxy groups -OCH3 is 1. The molecule has 0 atom stereocenters. The molecule has 2 rings (SSSR count). The van der Waals surface area contributed by atoms with Crippen molar-refractivity contribution in [2.45, 2.75) is 45.6 Å². The lowest BCUT2D eigenvalue weighted by molar-refractivity contribution is 0.120. The predicted octanol–water partition coefficient (Wildman–Crippen LogP) is 2.25. The van der Waals surface area contributed by atoms with Gasteiger partial charge >= 0.3 is 0 Å². The molecule has 0 aromatic rings. The highest BCUT2D eigenvalue weighted by atomic mass is 127. The van der Waals surface area contributed by atoms with E-state index in [-0.39, 0.29) is 24.0 Å². The molecular weight excluding hydrogens is 453 g/mol. The molecule has 2 N–H and O–H groups in total. The van der Waals surface area contributed by atoms with Crippen molar-refractivity contribution in [3.63, 3.8) is 0 Å². The molecular formula is C20H42IN5O. The molecule has 0 aliphatic carbocycles. The Bertz CT molecular complexity index is 405. The van der Waals surface area contributed by atoms with Gasteiger partial charge in [-0.1, -0.05) is 13.8 Å². The van der Waals surface area contributed by atoms with E-state index in [9.17, 15) is 0 Å². The van der Waals surface area contributed by atoms with Crippen molar-refractivity contribution in [2.24, 2.45) is 16.8 Å². The first kappa shape index (κ1) is 24.9. The average molecular weight is 495 g/mol. The second-order valence-electron chi connectivity index (χ2n) is 8.34. The molecule has 160 valence electrons. The highest BCUT2D eigenvalue weighted by molar-refractivity contribution is 14.0. The number of piperidine rings is 2. The van der Waals surface area contributed by atoms with Gasteiger partial charge in [0.25, 0.3) is 0 Å². The van der Waals surface area contributed by atoms with E-state index in [0.717, 1.165) is 37.5 Å². The molecule has 2 heterocycles. The summed E-state index contributed by atoms with van der Waals surface area (Å²) in [5, 5.41) is 7.21. The Labute approximate surface area is 183 Å². The third kappa shape index (κ3) is 9.76. The lowest BCUT2D eigenvalue weighted by Gasteiger charge is -2.34. The fourth-order valence-corrected chi connectivity index (χ4v) is 4.04. The molecule has 6 nitrogen and oxygen atoms in total. The quantitative estimate of drug-likeness (QED) is 0.308. The predicted molar refractivity (Wildman–Crippen MR) is 125 cm³/mol. The fraction of sp³-hybridized carbons (Fsp3) is 0.950. The van der Waals surface area contributed by atoms with Crippen LogP contribution in [0.3, 0.4) is 0 Å². The van der Waals surface area contributed by atoms with Gasteiger partial charge in [0.15, 0.2) is 5.96 Å². The van der Waals surface area contributed by atoms with Gasteiger partial charge in [-0.05, 0) is 50.6 Å². The van der Waals surface area contributed by atoms with Gasteiger partial charge in [0, 0.05) is 52.9 Å². The Balaban J connectivity index is 0.00000364. The maximum atomic E-state index is 5.18. The van der Waals surface area contributed by atoms with E-state index in [4.69, 9.17) is 4.74 Å². The molecule has 0 saturated carbocycles. The molecule has 0 spiro atoms. The van der Waals surface area contributed by atoms with E-state index >= 15 is 0 Å². The van der Waals surface area contributed by atoms with Crippen molar-refractivity contribution in [2.75, 3.05) is 66.6 Å². The van der Waals surface area contributed by atoms with Gasteiger partial charge in [0.05, 0.1) is 6.61 Å². The van der Waals surface area contributed by atoms with Crippen LogP contribution in [0.25, 0.3) is 0 Å². The van der Waals surface area contributed by atoms with Gasteiger partial charge in [0.2, 0.25) is 0 Å². The van der Waals surface area contributed by atoms with Gasteiger partial charge in [-0.15, -0.1) is 24.0 Å². The Morgan fingerprint density at radius 2 is 1.70 bits per heavy atom. The monoisotopic (exact) mass is 495 g/mol. The first-order valence-corrected chi connectivity index (χ1v) is 10.5. The van der Waals surface area contributed by atoms with Crippen molar-refractivity contribution >= 4 is 29.9 Å². The van der Waals surface area contributed by atoms with Gasteiger partial charge in [0.1, 0.15) is 0 Å². The Morgan fingerprint density at radius 3 is 2.26 bits per heavy atom. The number of likely N-dealkylation sites (tertiary alicyclic amines) is 2. The zero-order valence-electron chi connectivity index (χ0n) is 17.9. The number of rotatable bonds is 8. The second kappa shape index (κ2) is 14.0. The van der Waals surface area contributed by atoms with Crippen molar-refractivity contribution in [3.05, 3.63) is 0 Å². The van der Waals surface area contributed by atoms with Crippen LogP contribution in [0.1, 0.15) is 39.5 Å². The first-order valence-electron chi connectivity index (χ1n) is 10.5. The van der Waals surface area contributed by atoms with E-state index in [1.807, 2.05) is 7.05 Å². The Morgan fingerprint density at radius 1 is 1.07 bits per heavy atom. The zero-order chi connectivity index (χ0) is 18.8. The van der Waals surface area contributed by atoms with Crippen LogP contribution < -0.4 is 10.6 Å². The number of halogens is 1. The lowest BCUT2D eigenvalue weighted by atomic mass is 9.97. The minimum absolute atomic E-state index is 0. The molecule has 0 amide bonds. The maximum absolute atomic E-state index is 5.18. The van der Waals surface area contributed by atoms with Crippen LogP contribution in [-0.4, -0.2) is 88.4 Å². The lowest BCUT2D eigenvalue weighted by Crippen LogP contribution is -2.50. The number of nitrogens with one attached hydrogen (secondary N) is 2. The van der Waals surface area contributed by atoms with Gasteiger partial charge in [-0.3, -0.25) is 4.99 Å². The summed E-state index contributed by atoms with van der Waals surface area (Å²) >= 11 is 0. The molecule has 0 unspecified atom stereocenters. The Kier molecular flexibility index (Phi) is 12.9. The summed E-state index contributed by atoms with van der Waals surface area (Å²) in [6.45, 7) is 13.6. The topological polar surface area (TPSA) is 52.1 Å².